The topological polar surface area (TPSA) is 33.2 Å². The fourth-order valence-electron chi connectivity index (χ4n) is 2.02. The molecule has 2 rings (SSSR count). The maximum Gasteiger partial charge on any atom is 0.256 e. The van der Waals surface area contributed by atoms with E-state index in [1.807, 2.05) is 25.2 Å². The van der Waals surface area contributed by atoms with Gasteiger partial charge in [-0.05, 0) is 46.5 Å². The summed E-state index contributed by atoms with van der Waals surface area (Å²) in [6, 6.07) is 13.9. The van der Waals surface area contributed by atoms with Crippen LogP contribution < -0.4 is 0 Å². The molecule has 0 bridgehead atoms. The molecule has 1 aromatic heterocycles. The van der Waals surface area contributed by atoms with E-state index in [0.717, 1.165) is 19.4 Å². The molecule has 104 valence electrons. The third kappa shape index (κ3) is 3.90. The van der Waals surface area contributed by atoms with Crippen molar-refractivity contribution in [1.29, 1.82) is 0 Å². The highest BCUT2D eigenvalue weighted by Crippen LogP contribution is 2.14. The van der Waals surface area contributed by atoms with E-state index in [1.165, 1.54) is 5.56 Å². The molecule has 1 amide bonds. The molecule has 1 aromatic carbocycles. The van der Waals surface area contributed by atoms with Crippen molar-refractivity contribution in [3.8, 4) is 0 Å². The molecule has 0 unspecified atom stereocenters. The molecule has 2 aromatic rings. The summed E-state index contributed by atoms with van der Waals surface area (Å²) in [6.45, 7) is 0.731. The zero-order chi connectivity index (χ0) is 14.4. The highest BCUT2D eigenvalue weighted by molar-refractivity contribution is 9.10. The van der Waals surface area contributed by atoms with Crippen molar-refractivity contribution in [2.45, 2.75) is 12.8 Å². The lowest BCUT2D eigenvalue weighted by Gasteiger charge is -2.17. The second-order valence-corrected chi connectivity index (χ2v) is 5.41. The number of halogens is 1. The first kappa shape index (κ1) is 14.7. The molecule has 0 aliphatic rings. The Balaban J connectivity index is 1.87. The summed E-state index contributed by atoms with van der Waals surface area (Å²) < 4.78 is 0.597. The van der Waals surface area contributed by atoms with E-state index in [9.17, 15) is 4.79 Å². The Morgan fingerprint density at radius 3 is 2.65 bits per heavy atom. The number of aromatic nitrogens is 1. The molecule has 0 fully saturated rings. The van der Waals surface area contributed by atoms with Gasteiger partial charge in [0.1, 0.15) is 4.60 Å². The predicted molar refractivity (Wildman–Crippen MR) is 83.7 cm³/mol. The minimum Gasteiger partial charge on any atom is -0.342 e. The third-order valence-corrected chi connectivity index (χ3v) is 3.77. The Labute approximate surface area is 127 Å². The average Bonchev–Trinajstić information content (AvgIpc) is 2.48. The summed E-state index contributed by atoms with van der Waals surface area (Å²) in [5.74, 6) is -0.00182. The van der Waals surface area contributed by atoms with E-state index in [2.05, 4.69) is 33.0 Å². The third-order valence-electron chi connectivity index (χ3n) is 3.14. The lowest BCUT2D eigenvalue weighted by molar-refractivity contribution is 0.0792. The summed E-state index contributed by atoms with van der Waals surface area (Å²) in [7, 11) is 1.83. The molecule has 0 atom stereocenters. The van der Waals surface area contributed by atoms with Crippen molar-refractivity contribution < 1.29 is 4.79 Å². The van der Waals surface area contributed by atoms with Crippen LogP contribution in [0.2, 0.25) is 0 Å². The van der Waals surface area contributed by atoms with Crippen molar-refractivity contribution in [2.24, 2.45) is 0 Å². The number of benzene rings is 1. The lowest BCUT2D eigenvalue weighted by Crippen LogP contribution is -2.28. The summed E-state index contributed by atoms with van der Waals surface area (Å²) in [4.78, 5) is 18.1. The van der Waals surface area contributed by atoms with Crippen LogP contribution in [0.5, 0.6) is 0 Å². The van der Waals surface area contributed by atoms with E-state index in [4.69, 9.17) is 0 Å². The van der Waals surface area contributed by atoms with E-state index in [0.29, 0.717) is 10.2 Å². The summed E-state index contributed by atoms with van der Waals surface area (Å²) in [5.41, 5.74) is 1.91. The van der Waals surface area contributed by atoms with Gasteiger partial charge in [0.05, 0.1) is 5.56 Å². The molecule has 0 N–H and O–H groups in total. The van der Waals surface area contributed by atoms with E-state index >= 15 is 0 Å². The van der Waals surface area contributed by atoms with Gasteiger partial charge in [0, 0.05) is 19.8 Å². The fraction of sp³-hybridized carbons (Fsp3) is 0.250. The molecule has 0 aliphatic heterocycles. The number of amides is 1. The average molecular weight is 333 g/mol. The monoisotopic (exact) mass is 332 g/mol. The number of rotatable bonds is 5. The number of carbonyl (C=O) groups excluding carboxylic acids is 1. The summed E-state index contributed by atoms with van der Waals surface area (Å²) in [5, 5.41) is 0. The van der Waals surface area contributed by atoms with Gasteiger partial charge in [-0.1, -0.05) is 30.3 Å². The number of hydrogen-bond acceptors (Lipinski definition) is 2. The fourth-order valence-corrected chi connectivity index (χ4v) is 2.44. The Bertz CT molecular complexity index is 572. The van der Waals surface area contributed by atoms with Gasteiger partial charge < -0.3 is 4.90 Å². The van der Waals surface area contributed by atoms with Gasteiger partial charge in [-0.25, -0.2) is 4.98 Å². The number of nitrogens with zero attached hydrogens (tertiary/aromatic N) is 2. The van der Waals surface area contributed by atoms with Crippen LogP contribution in [0.1, 0.15) is 22.3 Å². The van der Waals surface area contributed by atoms with Gasteiger partial charge in [0.25, 0.3) is 5.91 Å². The quantitative estimate of drug-likeness (QED) is 0.784. The van der Waals surface area contributed by atoms with Crippen molar-refractivity contribution >= 4 is 21.8 Å². The number of pyridine rings is 1. The molecule has 4 heteroatoms. The largest absolute Gasteiger partial charge is 0.342 e. The first-order valence-electron chi connectivity index (χ1n) is 6.58. The van der Waals surface area contributed by atoms with Crippen LogP contribution in [0.25, 0.3) is 0 Å². The maximum absolute atomic E-state index is 12.3. The van der Waals surface area contributed by atoms with Gasteiger partial charge in [-0.2, -0.15) is 0 Å². The van der Waals surface area contributed by atoms with Gasteiger partial charge in [0.15, 0.2) is 0 Å². The highest BCUT2D eigenvalue weighted by Gasteiger charge is 2.14. The van der Waals surface area contributed by atoms with Crippen LogP contribution in [0.15, 0.2) is 53.3 Å². The van der Waals surface area contributed by atoms with Crippen LogP contribution in [-0.4, -0.2) is 29.4 Å². The van der Waals surface area contributed by atoms with E-state index in [1.54, 1.807) is 23.2 Å². The minimum absolute atomic E-state index is 0.00182. The summed E-state index contributed by atoms with van der Waals surface area (Å²) >= 11 is 3.31. The smallest absolute Gasteiger partial charge is 0.256 e. The van der Waals surface area contributed by atoms with Crippen molar-refractivity contribution in [3.63, 3.8) is 0 Å². The molecule has 0 saturated heterocycles. The van der Waals surface area contributed by atoms with Gasteiger partial charge >= 0.3 is 0 Å². The SMILES string of the molecule is CN(CCCc1ccccc1)C(=O)c1cccnc1Br. The first-order chi connectivity index (χ1) is 9.68. The predicted octanol–water partition coefficient (Wildman–Crippen LogP) is 3.55. The van der Waals surface area contributed by atoms with Crippen LogP contribution in [-0.2, 0) is 6.42 Å². The van der Waals surface area contributed by atoms with E-state index < -0.39 is 0 Å². The Morgan fingerprint density at radius 2 is 1.95 bits per heavy atom. The van der Waals surface area contributed by atoms with Crippen molar-refractivity contribution in [2.75, 3.05) is 13.6 Å². The van der Waals surface area contributed by atoms with Crippen molar-refractivity contribution in [1.82, 2.24) is 9.88 Å². The number of carbonyl (C=O) groups is 1. The maximum atomic E-state index is 12.3. The molecule has 0 saturated carbocycles. The second-order valence-electron chi connectivity index (χ2n) is 4.66. The molecular weight excluding hydrogens is 316 g/mol. The van der Waals surface area contributed by atoms with Crippen LogP contribution in [0.4, 0.5) is 0 Å². The highest BCUT2D eigenvalue weighted by atomic mass is 79.9. The Hall–Kier alpha value is -1.68. The minimum atomic E-state index is -0.00182. The van der Waals surface area contributed by atoms with Crippen LogP contribution >= 0.6 is 15.9 Å². The zero-order valence-corrected chi connectivity index (χ0v) is 13.0. The molecular formula is C16H17BrN2O. The normalized spacial score (nSPS) is 10.3. The second kappa shape index (κ2) is 7.20. The Morgan fingerprint density at radius 1 is 1.20 bits per heavy atom. The van der Waals surface area contributed by atoms with Crippen LogP contribution in [0.3, 0.4) is 0 Å². The standard InChI is InChI=1S/C16H17BrN2O/c1-19(12-6-9-13-7-3-2-4-8-13)16(20)14-10-5-11-18-15(14)17/h2-5,7-8,10-11H,6,9,12H2,1H3. The zero-order valence-electron chi connectivity index (χ0n) is 11.4. The Kier molecular flexibility index (Phi) is 5.30. The van der Waals surface area contributed by atoms with Gasteiger partial charge in [0.2, 0.25) is 0 Å². The number of aryl methyl sites for hydroxylation is 1. The first-order valence-corrected chi connectivity index (χ1v) is 7.37. The molecule has 0 spiro atoms. The molecule has 0 radical (unpaired) electrons. The molecule has 3 nitrogen and oxygen atoms in total. The van der Waals surface area contributed by atoms with E-state index in [-0.39, 0.29) is 5.91 Å². The summed E-state index contributed by atoms with van der Waals surface area (Å²) in [6.07, 6.45) is 3.59. The van der Waals surface area contributed by atoms with Crippen molar-refractivity contribution in [3.05, 3.63) is 64.4 Å². The molecule has 0 aliphatic carbocycles. The molecule has 1 heterocycles. The van der Waals surface area contributed by atoms with Gasteiger partial charge in [-0.3, -0.25) is 4.79 Å². The molecule has 20 heavy (non-hydrogen) atoms. The van der Waals surface area contributed by atoms with Crippen LogP contribution in [0, 0.1) is 0 Å². The lowest BCUT2D eigenvalue weighted by atomic mass is 10.1. The van der Waals surface area contributed by atoms with Gasteiger partial charge in [-0.15, -0.1) is 0 Å². The number of hydrogen-bond donors (Lipinski definition) is 0.